The second-order valence-electron chi connectivity index (χ2n) is 3.62. The van der Waals surface area contributed by atoms with Crippen LogP contribution < -0.4 is 0 Å². The van der Waals surface area contributed by atoms with Gasteiger partial charge < -0.3 is 14.4 Å². The summed E-state index contributed by atoms with van der Waals surface area (Å²) in [6.07, 6.45) is 0. The molecule has 0 fully saturated rings. The van der Waals surface area contributed by atoms with Gasteiger partial charge in [0, 0.05) is 23.8 Å². The number of hydrogen-bond acceptors (Lipinski definition) is 4. The van der Waals surface area contributed by atoms with Crippen molar-refractivity contribution in [1.29, 1.82) is 0 Å². The smallest absolute Gasteiger partial charge is 0.374 e. The van der Waals surface area contributed by atoms with Gasteiger partial charge in [-0.15, -0.1) is 0 Å². The van der Waals surface area contributed by atoms with Gasteiger partial charge in [-0.05, 0) is 17.7 Å². The molecule has 0 spiro atoms. The highest BCUT2D eigenvalue weighted by Gasteiger charge is 2.15. The van der Waals surface area contributed by atoms with Gasteiger partial charge in [0.05, 0.1) is 6.61 Å². The number of carboxylic acid groups (broad SMARTS) is 1. The summed E-state index contributed by atoms with van der Waals surface area (Å²) in [7, 11) is 1.57. The Morgan fingerprint density at radius 1 is 1.50 bits per heavy atom. The van der Waals surface area contributed by atoms with Crippen LogP contribution in [0.15, 0.2) is 28.8 Å². The lowest BCUT2D eigenvalue weighted by Crippen LogP contribution is -1.93. The summed E-state index contributed by atoms with van der Waals surface area (Å²) in [4.78, 5) is 10.7. The van der Waals surface area contributed by atoms with E-state index in [0.717, 1.165) is 5.56 Å². The average molecular weight is 268 g/mol. The first-order valence-electron chi connectivity index (χ1n) is 5.09. The van der Waals surface area contributed by atoms with E-state index in [1.807, 2.05) is 0 Å². The van der Waals surface area contributed by atoms with Gasteiger partial charge in [-0.3, -0.25) is 0 Å². The van der Waals surface area contributed by atoms with Gasteiger partial charge in [0.2, 0.25) is 5.76 Å². The van der Waals surface area contributed by atoms with Crippen LogP contribution >= 0.6 is 11.6 Å². The fourth-order valence-electron chi connectivity index (χ4n) is 1.57. The first-order valence-corrected chi connectivity index (χ1v) is 5.47. The van der Waals surface area contributed by atoms with Crippen molar-refractivity contribution in [3.05, 3.63) is 40.6 Å². The van der Waals surface area contributed by atoms with Crippen molar-refractivity contribution in [2.24, 2.45) is 0 Å². The molecule has 5 nitrogen and oxygen atoms in total. The van der Waals surface area contributed by atoms with Crippen LogP contribution in [-0.2, 0) is 11.3 Å². The van der Waals surface area contributed by atoms with E-state index in [4.69, 9.17) is 26.0 Å². The Balaban J connectivity index is 2.47. The van der Waals surface area contributed by atoms with E-state index in [0.29, 0.717) is 22.9 Å². The number of aromatic carboxylic acids is 1. The zero-order chi connectivity index (χ0) is 13.1. The summed E-state index contributed by atoms with van der Waals surface area (Å²) in [5.74, 6) is -1.38. The van der Waals surface area contributed by atoms with Crippen LogP contribution in [0.5, 0.6) is 0 Å². The fraction of sp³-hybridized carbons (Fsp3) is 0.167. The van der Waals surface area contributed by atoms with Crippen molar-refractivity contribution < 1.29 is 19.2 Å². The van der Waals surface area contributed by atoms with Crippen molar-refractivity contribution in [1.82, 2.24) is 5.16 Å². The first kappa shape index (κ1) is 12.6. The highest BCUT2D eigenvalue weighted by Crippen LogP contribution is 2.27. The fourth-order valence-corrected chi connectivity index (χ4v) is 1.74. The Labute approximate surface area is 108 Å². The number of ether oxygens (including phenoxy) is 1. The van der Waals surface area contributed by atoms with Gasteiger partial charge in [0.1, 0.15) is 5.69 Å². The minimum absolute atomic E-state index is 0.214. The van der Waals surface area contributed by atoms with Gasteiger partial charge in [-0.25, -0.2) is 4.79 Å². The van der Waals surface area contributed by atoms with Gasteiger partial charge in [-0.2, -0.15) is 0 Å². The monoisotopic (exact) mass is 267 g/mol. The largest absolute Gasteiger partial charge is 0.475 e. The van der Waals surface area contributed by atoms with Gasteiger partial charge >= 0.3 is 5.97 Å². The molecule has 0 atom stereocenters. The normalized spacial score (nSPS) is 10.6. The zero-order valence-electron chi connectivity index (χ0n) is 9.51. The Kier molecular flexibility index (Phi) is 3.64. The molecule has 0 bridgehead atoms. The van der Waals surface area contributed by atoms with E-state index in [1.54, 1.807) is 25.3 Å². The molecule has 2 rings (SSSR count). The maximum Gasteiger partial charge on any atom is 0.374 e. The molecular weight excluding hydrogens is 258 g/mol. The number of halogens is 1. The zero-order valence-corrected chi connectivity index (χ0v) is 10.3. The van der Waals surface area contributed by atoms with E-state index in [1.165, 1.54) is 6.07 Å². The van der Waals surface area contributed by atoms with Crippen LogP contribution in [0.2, 0.25) is 5.02 Å². The minimum Gasteiger partial charge on any atom is -0.475 e. The topological polar surface area (TPSA) is 72.6 Å². The summed E-state index contributed by atoms with van der Waals surface area (Å²) in [6, 6.07) is 6.58. The molecule has 0 unspecified atom stereocenters. The van der Waals surface area contributed by atoms with Crippen LogP contribution in [0.25, 0.3) is 11.3 Å². The molecule has 1 aromatic carbocycles. The number of carbonyl (C=O) groups is 1. The maximum absolute atomic E-state index is 10.7. The maximum atomic E-state index is 10.7. The first-order chi connectivity index (χ1) is 8.61. The van der Waals surface area contributed by atoms with Crippen LogP contribution in [0.1, 0.15) is 16.1 Å². The Morgan fingerprint density at radius 2 is 2.28 bits per heavy atom. The number of rotatable bonds is 4. The minimum atomic E-state index is -1.16. The molecule has 0 aliphatic carbocycles. The second-order valence-corrected chi connectivity index (χ2v) is 4.05. The molecule has 1 N–H and O–H groups in total. The third-order valence-electron chi connectivity index (χ3n) is 2.37. The van der Waals surface area contributed by atoms with E-state index >= 15 is 0 Å². The Morgan fingerprint density at radius 3 is 2.89 bits per heavy atom. The highest BCUT2D eigenvalue weighted by molar-refractivity contribution is 6.30. The van der Waals surface area contributed by atoms with Crippen molar-refractivity contribution in [3.8, 4) is 11.3 Å². The van der Waals surface area contributed by atoms with Crippen molar-refractivity contribution in [2.75, 3.05) is 7.11 Å². The predicted octanol–water partition coefficient (Wildman–Crippen LogP) is 2.84. The second kappa shape index (κ2) is 5.20. The Bertz CT molecular complexity index is 579. The third-order valence-corrected chi connectivity index (χ3v) is 2.60. The average Bonchev–Trinajstić information content (AvgIpc) is 2.81. The van der Waals surface area contributed by atoms with Crippen LogP contribution in [0.3, 0.4) is 0 Å². The molecule has 94 valence electrons. The summed E-state index contributed by atoms with van der Waals surface area (Å²) in [5.41, 5.74) is 1.97. The molecule has 0 amide bonds. The summed E-state index contributed by atoms with van der Waals surface area (Å²) >= 11 is 5.92. The van der Waals surface area contributed by atoms with E-state index in [9.17, 15) is 4.79 Å². The third kappa shape index (κ3) is 2.52. The highest BCUT2D eigenvalue weighted by atomic mass is 35.5. The van der Waals surface area contributed by atoms with Crippen molar-refractivity contribution in [3.63, 3.8) is 0 Å². The number of hydrogen-bond donors (Lipinski definition) is 1. The van der Waals surface area contributed by atoms with Crippen LogP contribution in [0, 0.1) is 0 Å². The van der Waals surface area contributed by atoms with Gasteiger partial charge in [0.15, 0.2) is 0 Å². The Hall–Kier alpha value is -1.85. The number of aromatic nitrogens is 1. The molecule has 0 aliphatic rings. The molecule has 0 saturated heterocycles. The number of methoxy groups -OCH3 is 1. The van der Waals surface area contributed by atoms with Crippen LogP contribution in [0.4, 0.5) is 0 Å². The molecule has 0 radical (unpaired) electrons. The van der Waals surface area contributed by atoms with Gasteiger partial charge in [0.25, 0.3) is 0 Å². The summed E-state index contributed by atoms with van der Waals surface area (Å²) in [6.45, 7) is 0.377. The van der Waals surface area contributed by atoms with Crippen molar-refractivity contribution >= 4 is 17.6 Å². The van der Waals surface area contributed by atoms with Crippen LogP contribution in [-0.4, -0.2) is 23.3 Å². The SMILES string of the molecule is COCc1ccc(Cl)cc1-c1cc(C(=O)O)on1. The number of carboxylic acids is 1. The van der Waals surface area contributed by atoms with E-state index < -0.39 is 5.97 Å². The van der Waals surface area contributed by atoms with Gasteiger partial charge in [-0.1, -0.05) is 22.8 Å². The molecule has 1 heterocycles. The lowest BCUT2D eigenvalue weighted by molar-refractivity contribution is 0.0652. The van der Waals surface area contributed by atoms with E-state index in [2.05, 4.69) is 5.16 Å². The standard InChI is InChI=1S/C12H10ClNO4/c1-17-6-7-2-3-8(13)4-9(7)10-5-11(12(15)16)18-14-10/h2-5H,6H2,1H3,(H,15,16). The molecular formula is C12H10ClNO4. The molecule has 0 saturated carbocycles. The molecule has 18 heavy (non-hydrogen) atoms. The molecule has 6 heteroatoms. The molecule has 1 aromatic heterocycles. The summed E-state index contributed by atoms with van der Waals surface area (Å²) < 4.78 is 9.79. The number of nitrogens with zero attached hydrogens (tertiary/aromatic N) is 1. The molecule has 0 aliphatic heterocycles. The number of benzene rings is 1. The predicted molar refractivity (Wildman–Crippen MR) is 64.6 cm³/mol. The molecule has 2 aromatic rings. The summed E-state index contributed by atoms with van der Waals surface area (Å²) in [5, 5.41) is 13.0. The van der Waals surface area contributed by atoms with Crippen molar-refractivity contribution in [2.45, 2.75) is 6.61 Å². The van der Waals surface area contributed by atoms with E-state index in [-0.39, 0.29) is 5.76 Å². The lowest BCUT2D eigenvalue weighted by atomic mass is 10.1. The lowest BCUT2D eigenvalue weighted by Gasteiger charge is -2.06. The quantitative estimate of drug-likeness (QED) is 0.922.